The Morgan fingerprint density at radius 3 is 1.89 bits per heavy atom. The van der Waals surface area contributed by atoms with Crippen molar-refractivity contribution in [3.05, 3.63) is 72.0 Å². The summed E-state index contributed by atoms with van der Waals surface area (Å²) < 4.78 is 14.4. The predicted octanol–water partition coefficient (Wildman–Crippen LogP) is 8.05. The van der Waals surface area contributed by atoms with Gasteiger partial charge in [-0.05, 0) is 79.2 Å². The lowest BCUT2D eigenvalue weighted by molar-refractivity contribution is 0.159. The van der Waals surface area contributed by atoms with Crippen molar-refractivity contribution in [1.82, 2.24) is 0 Å². The average molecular weight is 509 g/mol. The van der Waals surface area contributed by atoms with Crippen molar-refractivity contribution in [3.63, 3.8) is 0 Å². The van der Waals surface area contributed by atoms with Gasteiger partial charge in [0.25, 0.3) is 8.32 Å². The Labute approximate surface area is 217 Å². The van der Waals surface area contributed by atoms with E-state index in [9.17, 15) is 0 Å². The molecule has 2 atom stereocenters. The summed E-state index contributed by atoms with van der Waals surface area (Å²) in [6.45, 7) is 18.5. The van der Waals surface area contributed by atoms with Gasteiger partial charge in [0.05, 0.1) is 11.9 Å². The zero-order valence-electron chi connectivity index (χ0n) is 23.5. The van der Waals surface area contributed by atoms with Crippen molar-refractivity contribution >= 4 is 27.0 Å². The van der Waals surface area contributed by atoms with Crippen molar-refractivity contribution in [2.45, 2.75) is 104 Å². The first kappa shape index (κ1) is 28.0. The summed E-state index contributed by atoms with van der Waals surface area (Å²) in [6, 6.07) is 22.2. The summed E-state index contributed by atoms with van der Waals surface area (Å²) in [5.74, 6) is 1.70. The van der Waals surface area contributed by atoms with E-state index in [1.807, 2.05) is 0 Å². The van der Waals surface area contributed by atoms with E-state index in [4.69, 9.17) is 8.85 Å². The van der Waals surface area contributed by atoms with Crippen LogP contribution in [0.25, 0.3) is 0 Å². The standard InChI is InChI=1S/C31H48O2Si2/c1-9-10-18-26-19-17-24-29(30(26)25(2)32-34(6,7)8)33-35(31(3,4)5,27-20-13-11-14-21-27)28-22-15-12-16-23-28/h11-16,20-23,26,29H,9-10,17-19,24H2,1-8H3/b30-25-/t26-,29-/m0/s1. The summed E-state index contributed by atoms with van der Waals surface area (Å²) in [7, 11) is -4.34. The van der Waals surface area contributed by atoms with Crippen molar-refractivity contribution < 1.29 is 8.85 Å². The van der Waals surface area contributed by atoms with Crippen LogP contribution in [0.3, 0.4) is 0 Å². The summed E-state index contributed by atoms with van der Waals surface area (Å²) in [5.41, 5.74) is 1.46. The van der Waals surface area contributed by atoms with Crippen LogP contribution < -0.4 is 10.4 Å². The molecule has 4 heteroatoms. The summed E-state index contributed by atoms with van der Waals surface area (Å²) in [6.07, 6.45) is 7.39. The van der Waals surface area contributed by atoms with Gasteiger partial charge in [0.15, 0.2) is 0 Å². The minimum absolute atomic E-state index is 0.0231. The smallest absolute Gasteiger partial charge is 0.261 e. The molecule has 2 aromatic carbocycles. The molecule has 0 bridgehead atoms. The highest BCUT2D eigenvalue weighted by molar-refractivity contribution is 6.99. The summed E-state index contributed by atoms with van der Waals surface area (Å²) >= 11 is 0. The number of rotatable bonds is 9. The second kappa shape index (κ2) is 11.6. The van der Waals surface area contributed by atoms with Crippen LogP contribution in [-0.4, -0.2) is 22.7 Å². The van der Waals surface area contributed by atoms with Gasteiger partial charge in [0, 0.05) is 0 Å². The molecular weight excluding hydrogens is 461 g/mol. The molecule has 0 radical (unpaired) electrons. The fraction of sp³-hybridized carbons (Fsp3) is 0.548. The maximum atomic E-state index is 7.69. The fourth-order valence-electron chi connectivity index (χ4n) is 5.93. The Morgan fingerprint density at radius 1 is 0.886 bits per heavy atom. The molecule has 1 aliphatic carbocycles. The molecule has 2 nitrogen and oxygen atoms in total. The number of unbranched alkanes of at least 4 members (excludes halogenated alkanes) is 1. The van der Waals surface area contributed by atoms with E-state index in [1.165, 1.54) is 48.1 Å². The quantitative estimate of drug-likeness (QED) is 0.252. The topological polar surface area (TPSA) is 18.5 Å². The Morgan fingerprint density at radius 2 is 1.43 bits per heavy atom. The van der Waals surface area contributed by atoms with Crippen molar-refractivity contribution in [2.24, 2.45) is 5.92 Å². The predicted molar refractivity (Wildman–Crippen MR) is 156 cm³/mol. The highest BCUT2D eigenvalue weighted by Crippen LogP contribution is 2.43. The Balaban J connectivity index is 2.18. The molecule has 0 aromatic heterocycles. The lowest BCUT2D eigenvalue weighted by Crippen LogP contribution is -2.68. The lowest BCUT2D eigenvalue weighted by Gasteiger charge is -2.47. The zero-order valence-corrected chi connectivity index (χ0v) is 25.5. The maximum absolute atomic E-state index is 7.69. The highest BCUT2D eigenvalue weighted by Gasteiger charge is 2.52. The van der Waals surface area contributed by atoms with Crippen molar-refractivity contribution in [3.8, 4) is 0 Å². The summed E-state index contributed by atoms with van der Waals surface area (Å²) in [4.78, 5) is 0. The molecule has 2 aromatic rings. The van der Waals surface area contributed by atoms with Crippen LogP contribution in [0.4, 0.5) is 0 Å². The van der Waals surface area contributed by atoms with Gasteiger partial charge in [0.1, 0.15) is 0 Å². The van der Waals surface area contributed by atoms with E-state index in [0.717, 1.165) is 12.2 Å². The van der Waals surface area contributed by atoms with Gasteiger partial charge in [-0.1, -0.05) is 101 Å². The summed E-state index contributed by atoms with van der Waals surface area (Å²) in [5, 5.41) is 2.69. The van der Waals surface area contributed by atoms with Gasteiger partial charge in [0.2, 0.25) is 8.32 Å². The number of hydrogen-bond acceptors (Lipinski definition) is 2. The first-order valence-corrected chi connectivity index (χ1v) is 19.0. The SMILES string of the molecule is CCCC[C@H]1CCC[C@H](O[Si](c2ccccc2)(c2ccccc2)C(C)(C)C)/C1=C(/C)O[Si](C)(C)C. The van der Waals surface area contributed by atoms with Crippen molar-refractivity contribution in [1.29, 1.82) is 0 Å². The Kier molecular flexibility index (Phi) is 9.28. The van der Waals surface area contributed by atoms with E-state index in [2.05, 4.69) is 115 Å². The van der Waals surface area contributed by atoms with Crippen LogP contribution in [0.1, 0.15) is 73.1 Å². The molecular formula is C31H48O2Si2. The molecule has 0 aliphatic heterocycles. The highest BCUT2D eigenvalue weighted by atomic mass is 28.4. The zero-order chi connectivity index (χ0) is 25.7. The monoisotopic (exact) mass is 508 g/mol. The van der Waals surface area contributed by atoms with Crippen LogP contribution in [0, 0.1) is 5.92 Å². The number of hydrogen-bond donors (Lipinski definition) is 0. The second-order valence-corrected chi connectivity index (χ2v) is 20.9. The maximum Gasteiger partial charge on any atom is 0.261 e. The van der Waals surface area contributed by atoms with E-state index >= 15 is 0 Å². The first-order chi connectivity index (χ1) is 16.5. The minimum Gasteiger partial charge on any atom is -0.547 e. The van der Waals surface area contributed by atoms with Crippen molar-refractivity contribution in [2.75, 3.05) is 0 Å². The van der Waals surface area contributed by atoms with E-state index in [1.54, 1.807) is 0 Å². The molecule has 1 aliphatic rings. The molecule has 35 heavy (non-hydrogen) atoms. The Hall–Kier alpha value is -1.63. The lowest BCUT2D eigenvalue weighted by atomic mass is 9.79. The van der Waals surface area contributed by atoms with E-state index in [-0.39, 0.29) is 11.1 Å². The first-order valence-electron chi connectivity index (χ1n) is 13.7. The molecule has 1 fully saturated rings. The van der Waals surface area contributed by atoms with Crippen LogP contribution in [0.15, 0.2) is 72.0 Å². The third-order valence-corrected chi connectivity index (χ3v) is 13.3. The molecule has 0 heterocycles. The normalized spacial score (nSPS) is 21.0. The van der Waals surface area contributed by atoms with Gasteiger partial charge >= 0.3 is 0 Å². The molecule has 3 rings (SSSR count). The number of benzene rings is 2. The fourth-order valence-corrected chi connectivity index (χ4v) is 11.7. The molecule has 0 amide bonds. The second-order valence-electron chi connectivity index (χ2n) is 12.3. The minimum atomic E-state index is -2.62. The van der Waals surface area contributed by atoms with Gasteiger partial charge in [-0.2, -0.15) is 0 Å². The number of allylic oxidation sites excluding steroid dienone is 1. The van der Waals surface area contributed by atoms with E-state index in [0.29, 0.717) is 5.92 Å². The van der Waals surface area contributed by atoms with Crippen LogP contribution >= 0.6 is 0 Å². The third kappa shape index (κ3) is 6.58. The molecule has 0 unspecified atom stereocenters. The average Bonchev–Trinajstić information content (AvgIpc) is 2.80. The molecule has 0 N–H and O–H groups in total. The van der Waals surface area contributed by atoms with Crippen LogP contribution in [-0.2, 0) is 8.85 Å². The van der Waals surface area contributed by atoms with Crippen LogP contribution in [0.5, 0.6) is 0 Å². The van der Waals surface area contributed by atoms with Crippen LogP contribution in [0.2, 0.25) is 24.7 Å². The molecule has 1 saturated carbocycles. The Bertz CT molecular complexity index is 915. The molecule has 192 valence electrons. The van der Waals surface area contributed by atoms with Gasteiger partial charge in [-0.15, -0.1) is 0 Å². The van der Waals surface area contributed by atoms with Gasteiger partial charge < -0.3 is 8.85 Å². The third-order valence-electron chi connectivity index (χ3n) is 7.31. The van der Waals surface area contributed by atoms with Gasteiger partial charge in [-0.25, -0.2) is 0 Å². The van der Waals surface area contributed by atoms with E-state index < -0.39 is 16.6 Å². The van der Waals surface area contributed by atoms with Gasteiger partial charge in [-0.3, -0.25) is 0 Å². The largest absolute Gasteiger partial charge is 0.547 e. The molecule has 0 saturated heterocycles. The molecule has 0 spiro atoms.